The van der Waals surface area contributed by atoms with Crippen molar-refractivity contribution in [2.75, 3.05) is 23.0 Å². The van der Waals surface area contributed by atoms with Crippen LogP contribution in [0.15, 0.2) is 42.3 Å². The van der Waals surface area contributed by atoms with Gasteiger partial charge in [-0.25, -0.2) is 5.26 Å². The first-order valence-corrected chi connectivity index (χ1v) is 6.82. The molecule has 0 radical (unpaired) electrons. The van der Waals surface area contributed by atoms with Crippen molar-refractivity contribution in [3.8, 4) is 0 Å². The van der Waals surface area contributed by atoms with E-state index in [1.165, 1.54) is 0 Å². The first kappa shape index (κ1) is 13.9. The van der Waals surface area contributed by atoms with Gasteiger partial charge in [0.05, 0.1) is 0 Å². The van der Waals surface area contributed by atoms with Crippen molar-refractivity contribution in [1.82, 2.24) is 0 Å². The highest BCUT2D eigenvalue weighted by Crippen LogP contribution is 2.16. The molecule has 0 aliphatic heterocycles. The van der Waals surface area contributed by atoms with E-state index in [9.17, 15) is 0 Å². The number of nitrogens with zero attached hydrogens (tertiary/aromatic N) is 1. The monoisotopic (exact) mass is 253 g/mol. The largest absolute Gasteiger partial charge is 0.344 e. The van der Waals surface area contributed by atoms with E-state index in [1.54, 1.807) is 6.92 Å². The van der Waals surface area contributed by atoms with E-state index in [0.29, 0.717) is 5.76 Å². The van der Waals surface area contributed by atoms with Crippen molar-refractivity contribution in [2.45, 2.75) is 13.8 Å². The number of rotatable bonds is 7. The van der Waals surface area contributed by atoms with Crippen LogP contribution in [-0.4, -0.2) is 23.3 Å². The van der Waals surface area contributed by atoms with Gasteiger partial charge in [-0.05, 0) is 24.8 Å². The second-order valence-electron chi connectivity index (χ2n) is 3.56. The number of anilines is 1. The molecule has 3 nitrogen and oxygen atoms in total. The number of hydrogen-bond donors (Lipinski definition) is 1. The highest BCUT2D eigenvalue weighted by Gasteiger charge is 2.04. The lowest BCUT2D eigenvalue weighted by Gasteiger charge is -2.20. The third-order valence-corrected chi connectivity index (χ3v) is 3.13. The standard InChI is InChI=1S/C13H19NO2S/c1-3-17-10-9-14(11-12(2)16-15)13-7-5-4-6-8-13/h4-8,11,15H,3,9-10H2,1-2H3. The summed E-state index contributed by atoms with van der Waals surface area (Å²) in [5.74, 6) is 2.64. The predicted octanol–water partition coefficient (Wildman–Crippen LogP) is 3.60. The quantitative estimate of drug-likeness (QED) is 0.348. The molecule has 0 fully saturated rings. The van der Waals surface area contributed by atoms with Crippen molar-refractivity contribution in [1.29, 1.82) is 0 Å². The maximum absolute atomic E-state index is 8.60. The minimum absolute atomic E-state index is 0.482. The Kier molecular flexibility index (Phi) is 6.58. The van der Waals surface area contributed by atoms with Gasteiger partial charge in [0.15, 0.2) is 5.76 Å². The molecule has 0 heterocycles. The molecule has 0 unspecified atom stereocenters. The van der Waals surface area contributed by atoms with Gasteiger partial charge in [0, 0.05) is 24.2 Å². The average molecular weight is 253 g/mol. The first-order valence-electron chi connectivity index (χ1n) is 5.67. The maximum Gasteiger partial charge on any atom is 0.155 e. The molecule has 0 bridgehead atoms. The number of allylic oxidation sites excluding steroid dienone is 1. The fourth-order valence-electron chi connectivity index (χ4n) is 1.44. The molecular formula is C13H19NO2S. The van der Waals surface area contributed by atoms with Gasteiger partial charge in [0.1, 0.15) is 0 Å². The second kappa shape index (κ2) is 8.03. The minimum Gasteiger partial charge on any atom is -0.344 e. The second-order valence-corrected chi connectivity index (χ2v) is 4.95. The number of benzene rings is 1. The van der Waals surface area contributed by atoms with Gasteiger partial charge in [-0.1, -0.05) is 25.1 Å². The van der Waals surface area contributed by atoms with Crippen LogP contribution in [0.5, 0.6) is 0 Å². The molecule has 0 spiro atoms. The zero-order chi connectivity index (χ0) is 12.5. The fourth-order valence-corrected chi connectivity index (χ4v) is 2.05. The average Bonchev–Trinajstić information content (AvgIpc) is 2.38. The normalized spacial score (nSPS) is 11.4. The van der Waals surface area contributed by atoms with Gasteiger partial charge in [-0.2, -0.15) is 11.8 Å². The molecule has 0 aliphatic carbocycles. The van der Waals surface area contributed by atoms with Crippen LogP contribution in [0.4, 0.5) is 5.69 Å². The van der Waals surface area contributed by atoms with E-state index < -0.39 is 0 Å². The highest BCUT2D eigenvalue weighted by atomic mass is 32.2. The van der Waals surface area contributed by atoms with Crippen LogP contribution in [0.1, 0.15) is 13.8 Å². The van der Waals surface area contributed by atoms with Crippen LogP contribution >= 0.6 is 11.8 Å². The van der Waals surface area contributed by atoms with E-state index >= 15 is 0 Å². The summed E-state index contributed by atoms with van der Waals surface area (Å²) in [5, 5.41) is 8.60. The molecule has 0 aliphatic rings. The molecule has 4 heteroatoms. The van der Waals surface area contributed by atoms with E-state index in [2.05, 4.69) is 16.7 Å². The molecule has 94 valence electrons. The van der Waals surface area contributed by atoms with Crippen molar-refractivity contribution in [3.05, 3.63) is 42.3 Å². The lowest BCUT2D eigenvalue weighted by molar-refractivity contribution is -0.202. The molecule has 1 rings (SSSR count). The number of para-hydroxylation sites is 1. The summed E-state index contributed by atoms with van der Waals surface area (Å²) < 4.78 is 0. The summed E-state index contributed by atoms with van der Waals surface area (Å²) in [5.41, 5.74) is 1.10. The molecule has 0 aromatic heterocycles. The lowest BCUT2D eigenvalue weighted by Crippen LogP contribution is -2.20. The van der Waals surface area contributed by atoms with Crippen molar-refractivity contribution in [3.63, 3.8) is 0 Å². The molecule has 0 amide bonds. The van der Waals surface area contributed by atoms with Crippen LogP contribution in [-0.2, 0) is 4.89 Å². The molecule has 17 heavy (non-hydrogen) atoms. The molecule has 0 saturated heterocycles. The Morgan fingerprint density at radius 2 is 2.12 bits per heavy atom. The zero-order valence-corrected chi connectivity index (χ0v) is 11.1. The Labute approximate surface area is 107 Å². The topological polar surface area (TPSA) is 32.7 Å². The third kappa shape index (κ3) is 5.15. The molecule has 0 atom stereocenters. The third-order valence-electron chi connectivity index (χ3n) is 2.25. The van der Waals surface area contributed by atoms with Gasteiger partial charge in [-0.3, -0.25) is 0 Å². The fraction of sp³-hybridized carbons (Fsp3) is 0.385. The van der Waals surface area contributed by atoms with E-state index in [-0.39, 0.29) is 0 Å². The molecule has 1 aromatic rings. The smallest absolute Gasteiger partial charge is 0.155 e. The van der Waals surface area contributed by atoms with Crippen molar-refractivity contribution in [2.24, 2.45) is 0 Å². The Balaban J connectivity index is 2.72. The van der Waals surface area contributed by atoms with Crippen LogP contribution in [0.2, 0.25) is 0 Å². The molecular weight excluding hydrogens is 234 g/mol. The Morgan fingerprint density at radius 3 is 2.71 bits per heavy atom. The summed E-state index contributed by atoms with van der Waals surface area (Å²) in [6.45, 7) is 4.77. The SMILES string of the molecule is CCSCCN(C=C(C)OO)c1ccccc1. The first-order chi connectivity index (χ1) is 8.27. The highest BCUT2D eigenvalue weighted by molar-refractivity contribution is 7.99. The van der Waals surface area contributed by atoms with Gasteiger partial charge in [0.2, 0.25) is 0 Å². The van der Waals surface area contributed by atoms with Gasteiger partial charge in [-0.15, -0.1) is 0 Å². The molecule has 1 N–H and O–H groups in total. The number of hydrogen-bond acceptors (Lipinski definition) is 4. The minimum atomic E-state index is 0.482. The Hall–Kier alpha value is -1.13. The van der Waals surface area contributed by atoms with E-state index in [4.69, 9.17) is 5.26 Å². The zero-order valence-electron chi connectivity index (χ0n) is 10.3. The van der Waals surface area contributed by atoms with Crippen molar-refractivity contribution >= 4 is 17.4 Å². The van der Waals surface area contributed by atoms with Crippen LogP contribution < -0.4 is 4.90 Å². The molecule has 1 aromatic carbocycles. The van der Waals surface area contributed by atoms with Crippen LogP contribution in [0, 0.1) is 0 Å². The van der Waals surface area contributed by atoms with Crippen LogP contribution in [0.25, 0.3) is 0 Å². The van der Waals surface area contributed by atoms with E-state index in [1.807, 2.05) is 48.3 Å². The number of thioether (sulfide) groups is 1. The van der Waals surface area contributed by atoms with Gasteiger partial charge in [0.25, 0.3) is 0 Å². The summed E-state index contributed by atoms with van der Waals surface area (Å²) in [4.78, 5) is 6.30. The summed E-state index contributed by atoms with van der Waals surface area (Å²) in [7, 11) is 0. The van der Waals surface area contributed by atoms with E-state index in [0.717, 1.165) is 23.7 Å². The van der Waals surface area contributed by atoms with Gasteiger partial charge < -0.3 is 9.79 Å². The molecule has 0 saturated carbocycles. The maximum atomic E-state index is 8.60. The summed E-state index contributed by atoms with van der Waals surface area (Å²) in [6, 6.07) is 10.1. The summed E-state index contributed by atoms with van der Waals surface area (Å²) >= 11 is 1.89. The van der Waals surface area contributed by atoms with Crippen LogP contribution in [0.3, 0.4) is 0 Å². The Morgan fingerprint density at radius 1 is 1.41 bits per heavy atom. The van der Waals surface area contributed by atoms with Gasteiger partial charge >= 0.3 is 0 Å². The lowest BCUT2D eigenvalue weighted by atomic mass is 10.3. The Bertz CT molecular complexity index is 341. The predicted molar refractivity (Wildman–Crippen MR) is 74.3 cm³/mol. The van der Waals surface area contributed by atoms with Crippen molar-refractivity contribution < 1.29 is 10.1 Å². The summed E-state index contributed by atoms with van der Waals surface area (Å²) in [6.07, 6.45) is 1.81.